The number of benzene rings is 1. The van der Waals surface area contributed by atoms with E-state index in [9.17, 15) is 9.18 Å². The van der Waals surface area contributed by atoms with Gasteiger partial charge in [0.15, 0.2) is 0 Å². The highest BCUT2D eigenvalue weighted by molar-refractivity contribution is 5.81. The Morgan fingerprint density at radius 3 is 2.85 bits per heavy atom. The lowest BCUT2D eigenvalue weighted by atomic mass is 10.0. The van der Waals surface area contributed by atoms with E-state index in [2.05, 4.69) is 4.98 Å². The van der Waals surface area contributed by atoms with Gasteiger partial charge in [-0.05, 0) is 25.5 Å². The molecule has 0 aliphatic carbocycles. The van der Waals surface area contributed by atoms with Gasteiger partial charge in [-0.3, -0.25) is 4.79 Å². The third kappa shape index (κ3) is 2.66. The standard InChI is InChI=1S/C15H19FN2O2/c1-4-6-11(15(19)20-5-2)14-17-12-9-10(16)7-8-13(12)18(14)3/h7-9,11H,4-6H2,1-3H3. The van der Waals surface area contributed by atoms with Crippen molar-refractivity contribution in [1.82, 2.24) is 9.55 Å². The lowest BCUT2D eigenvalue weighted by Crippen LogP contribution is -2.19. The summed E-state index contributed by atoms with van der Waals surface area (Å²) in [6.45, 7) is 4.14. The molecule has 0 amide bonds. The van der Waals surface area contributed by atoms with Crippen molar-refractivity contribution >= 4 is 17.0 Å². The zero-order valence-corrected chi connectivity index (χ0v) is 12.0. The Hall–Kier alpha value is -1.91. The van der Waals surface area contributed by atoms with E-state index in [4.69, 9.17) is 4.74 Å². The summed E-state index contributed by atoms with van der Waals surface area (Å²) in [5.41, 5.74) is 1.37. The number of ether oxygens (including phenoxy) is 1. The Morgan fingerprint density at radius 1 is 1.45 bits per heavy atom. The lowest BCUT2D eigenvalue weighted by molar-refractivity contribution is -0.145. The second kappa shape index (κ2) is 6.03. The van der Waals surface area contributed by atoms with E-state index in [0.717, 1.165) is 11.9 Å². The van der Waals surface area contributed by atoms with Crippen molar-refractivity contribution in [3.8, 4) is 0 Å². The summed E-state index contributed by atoms with van der Waals surface area (Å²) in [5, 5.41) is 0. The first-order chi connectivity index (χ1) is 9.58. The number of carbonyl (C=O) groups excluding carboxylic acids is 1. The van der Waals surface area contributed by atoms with Gasteiger partial charge in [-0.2, -0.15) is 0 Å². The molecule has 0 aliphatic rings. The fraction of sp³-hybridized carbons (Fsp3) is 0.467. The maximum Gasteiger partial charge on any atom is 0.316 e. The van der Waals surface area contributed by atoms with Gasteiger partial charge < -0.3 is 9.30 Å². The molecular formula is C15H19FN2O2. The number of carbonyl (C=O) groups is 1. The van der Waals surface area contributed by atoms with E-state index >= 15 is 0 Å². The molecule has 1 heterocycles. The van der Waals surface area contributed by atoms with Crippen molar-refractivity contribution in [2.45, 2.75) is 32.6 Å². The quantitative estimate of drug-likeness (QED) is 0.789. The molecule has 2 rings (SSSR count). The molecule has 0 saturated heterocycles. The summed E-state index contributed by atoms with van der Waals surface area (Å²) < 4.78 is 20.2. The number of aromatic nitrogens is 2. The van der Waals surface area contributed by atoms with Crippen LogP contribution in [0.5, 0.6) is 0 Å². The molecule has 0 fully saturated rings. The molecule has 0 radical (unpaired) electrons. The zero-order valence-electron chi connectivity index (χ0n) is 12.0. The van der Waals surface area contributed by atoms with Gasteiger partial charge in [0.2, 0.25) is 0 Å². The number of hydrogen-bond donors (Lipinski definition) is 0. The van der Waals surface area contributed by atoms with Crippen molar-refractivity contribution in [2.75, 3.05) is 6.61 Å². The van der Waals surface area contributed by atoms with E-state index in [1.807, 2.05) is 18.5 Å². The van der Waals surface area contributed by atoms with Crippen LogP contribution in [0.15, 0.2) is 18.2 Å². The Bertz CT molecular complexity index is 622. The Morgan fingerprint density at radius 2 is 2.20 bits per heavy atom. The van der Waals surface area contributed by atoms with Crippen LogP contribution in [0.3, 0.4) is 0 Å². The SMILES string of the molecule is CCCC(C(=O)OCC)c1nc2cc(F)ccc2n1C. The van der Waals surface area contributed by atoms with Crippen molar-refractivity contribution in [2.24, 2.45) is 7.05 Å². The monoisotopic (exact) mass is 278 g/mol. The molecule has 1 atom stereocenters. The molecule has 108 valence electrons. The van der Waals surface area contributed by atoms with E-state index in [-0.39, 0.29) is 11.8 Å². The molecule has 20 heavy (non-hydrogen) atoms. The van der Waals surface area contributed by atoms with Gasteiger partial charge in [0.05, 0.1) is 17.6 Å². The Labute approximate surface area is 117 Å². The summed E-state index contributed by atoms with van der Waals surface area (Å²) in [6, 6.07) is 4.45. The minimum Gasteiger partial charge on any atom is -0.465 e. The van der Waals surface area contributed by atoms with E-state index in [1.54, 1.807) is 13.0 Å². The molecular weight excluding hydrogens is 259 g/mol. The van der Waals surface area contributed by atoms with Gasteiger partial charge >= 0.3 is 5.97 Å². The molecule has 2 aromatic rings. The normalized spacial score (nSPS) is 12.6. The summed E-state index contributed by atoms with van der Waals surface area (Å²) in [7, 11) is 1.84. The summed E-state index contributed by atoms with van der Waals surface area (Å²) in [5.74, 6) is -0.370. The van der Waals surface area contributed by atoms with Gasteiger partial charge in [-0.15, -0.1) is 0 Å². The largest absolute Gasteiger partial charge is 0.465 e. The van der Waals surface area contributed by atoms with Crippen molar-refractivity contribution in [1.29, 1.82) is 0 Å². The molecule has 0 saturated carbocycles. The zero-order chi connectivity index (χ0) is 14.7. The number of esters is 1. The number of hydrogen-bond acceptors (Lipinski definition) is 3. The molecule has 1 aromatic carbocycles. The summed E-state index contributed by atoms with van der Waals surface area (Å²) >= 11 is 0. The van der Waals surface area contributed by atoms with Gasteiger partial charge in [0.1, 0.15) is 17.6 Å². The van der Waals surface area contributed by atoms with Gasteiger partial charge in [-0.1, -0.05) is 13.3 Å². The number of nitrogens with zero attached hydrogens (tertiary/aromatic N) is 2. The third-order valence-electron chi connectivity index (χ3n) is 3.34. The highest BCUT2D eigenvalue weighted by atomic mass is 19.1. The second-order valence-electron chi connectivity index (χ2n) is 4.76. The van der Waals surface area contributed by atoms with Crippen LogP contribution in [0.25, 0.3) is 11.0 Å². The molecule has 1 aromatic heterocycles. The molecule has 1 unspecified atom stereocenters. The molecule has 5 heteroatoms. The Kier molecular flexibility index (Phi) is 4.37. The highest BCUT2D eigenvalue weighted by Crippen LogP contribution is 2.26. The van der Waals surface area contributed by atoms with Gasteiger partial charge in [0, 0.05) is 13.1 Å². The first-order valence-corrected chi connectivity index (χ1v) is 6.87. The van der Waals surface area contributed by atoms with Crippen LogP contribution in [-0.2, 0) is 16.6 Å². The molecule has 0 aliphatic heterocycles. The topological polar surface area (TPSA) is 44.1 Å². The van der Waals surface area contributed by atoms with Crippen molar-refractivity contribution in [3.05, 3.63) is 29.8 Å². The van der Waals surface area contributed by atoms with Crippen molar-refractivity contribution in [3.63, 3.8) is 0 Å². The number of rotatable bonds is 5. The number of aryl methyl sites for hydroxylation is 1. The molecule has 0 bridgehead atoms. The average molecular weight is 278 g/mol. The fourth-order valence-electron chi connectivity index (χ4n) is 2.39. The number of imidazole rings is 1. The van der Waals surface area contributed by atoms with Crippen LogP contribution in [0, 0.1) is 5.82 Å². The first-order valence-electron chi connectivity index (χ1n) is 6.87. The Balaban J connectivity index is 2.47. The summed E-state index contributed by atoms with van der Waals surface area (Å²) in [6.07, 6.45) is 1.51. The van der Waals surface area contributed by atoms with Crippen molar-refractivity contribution < 1.29 is 13.9 Å². The maximum atomic E-state index is 13.3. The van der Waals surface area contributed by atoms with E-state index < -0.39 is 5.92 Å². The van der Waals surface area contributed by atoms with Crippen LogP contribution in [0.2, 0.25) is 0 Å². The van der Waals surface area contributed by atoms with Gasteiger partial charge in [-0.25, -0.2) is 9.37 Å². The predicted molar refractivity (Wildman–Crippen MR) is 75.0 cm³/mol. The predicted octanol–water partition coefficient (Wildman–Crippen LogP) is 3.16. The molecule has 0 spiro atoms. The van der Waals surface area contributed by atoms with Crippen LogP contribution in [0.1, 0.15) is 38.4 Å². The highest BCUT2D eigenvalue weighted by Gasteiger charge is 2.26. The molecule has 4 nitrogen and oxygen atoms in total. The smallest absolute Gasteiger partial charge is 0.316 e. The van der Waals surface area contributed by atoms with Crippen LogP contribution in [0.4, 0.5) is 4.39 Å². The lowest BCUT2D eigenvalue weighted by Gasteiger charge is -2.14. The van der Waals surface area contributed by atoms with Crippen LogP contribution < -0.4 is 0 Å². The summed E-state index contributed by atoms with van der Waals surface area (Å²) in [4.78, 5) is 16.5. The minimum atomic E-state index is -0.402. The number of fused-ring (bicyclic) bond motifs is 1. The van der Waals surface area contributed by atoms with E-state index in [0.29, 0.717) is 24.4 Å². The van der Waals surface area contributed by atoms with Gasteiger partial charge in [0.25, 0.3) is 0 Å². The second-order valence-corrected chi connectivity index (χ2v) is 4.76. The fourth-order valence-corrected chi connectivity index (χ4v) is 2.39. The van der Waals surface area contributed by atoms with Crippen LogP contribution >= 0.6 is 0 Å². The number of halogens is 1. The first kappa shape index (κ1) is 14.5. The van der Waals surface area contributed by atoms with E-state index in [1.165, 1.54) is 12.1 Å². The minimum absolute atomic E-state index is 0.270. The third-order valence-corrected chi connectivity index (χ3v) is 3.34. The molecule has 0 N–H and O–H groups in total. The average Bonchev–Trinajstić information content (AvgIpc) is 2.72. The maximum absolute atomic E-state index is 13.3. The van der Waals surface area contributed by atoms with Crippen LogP contribution in [-0.4, -0.2) is 22.1 Å².